The molecule has 144 valence electrons. The molecular weight excluding hydrogens is 384 g/mol. The Kier molecular flexibility index (Phi) is 5.50. The second kappa shape index (κ2) is 8.37. The van der Waals surface area contributed by atoms with Crippen LogP contribution in [-0.2, 0) is 33.9 Å². The third-order valence-corrected chi connectivity index (χ3v) is 4.57. The molecule has 1 atom stereocenters. The highest BCUT2D eigenvalue weighted by atomic mass is 35.5. The summed E-state index contributed by atoms with van der Waals surface area (Å²) in [6.07, 6.45) is 1.80. The summed E-state index contributed by atoms with van der Waals surface area (Å²) < 4.78 is 17.8. The third-order valence-electron chi connectivity index (χ3n) is 4.35. The van der Waals surface area contributed by atoms with Gasteiger partial charge in [0.15, 0.2) is 12.8 Å². The lowest BCUT2D eigenvalue weighted by Gasteiger charge is -2.21. The second-order valence-electron chi connectivity index (χ2n) is 6.27. The minimum Gasteiger partial charge on any atom is -0.467 e. The minimum atomic E-state index is -0.684. The van der Waals surface area contributed by atoms with Gasteiger partial charge in [-0.05, 0) is 28.1 Å². The first-order valence-corrected chi connectivity index (χ1v) is 9.03. The number of esters is 1. The van der Waals surface area contributed by atoms with Crippen LogP contribution in [0.3, 0.4) is 0 Å². The van der Waals surface area contributed by atoms with E-state index in [2.05, 4.69) is 15.5 Å². The number of aromatic nitrogens is 4. The molecule has 0 bridgehead atoms. The topological polar surface area (TPSA) is 88.4 Å². The molecular formula is C19H17ClN4O4. The SMILES string of the molecule is O=C(OCc1cc(Cl)cc2c1OCOC2)[C@H](Cc1ccccc1)n1cnnn1. The van der Waals surface area contributed by atoms with Crippen molar-refractivity contribution in [3.05, 3.63) is 70.5 Å². The first kappa shape index (κ1) is 18.4. The van der Waals surface area contributed by atoms with E-state index in [4.69, 9.17) is 25.8 Å². The van der Waals surface area contributed by atoms with Gasteiger partial charge in [0.1, 0.15) is 18.7 Å². The van der Waals surface area contributed by atoms with Crippen molar-refractivity contribution in [2.75, 3.05) is 6.79 Å². The molecule has 1 aliphatic rings. The summed E-state index contributed by atoms with van der Waals surface area (Å²) in [7, 11) is 0. The lowest BCUT2D eigenvalue weighted by atomic mass is 10.1. The van der Waals surface area contributed by atoms with E-state index in [0.717, 1.165) is 11.1 Å². The van der Waals surface area contributed by atoms with Crippen LogP contribution < -0.4 is 4.74 Å². The van der Waals surface area contributed by atoms with Crippen LogP contribution in [0.25, 0.3) is 0 Å². The van der Waals surface area contributed by atoms with Crippen LogP contribution in [0.15, 0.2) is 48.8 Å². The van der Waals surface area contributed by atoms with Crippen LogP contribution in [0.4, 0.5) is 0 Å². The number of hydrogen-bond donors (Lipinski definition) is 0. The van der Waals surface area contributed by atoms with Gasteiger partial charge in [0.25, 0.3) is 0 Å². The zero-order chi connectivity index (χ0) is 19.3. The number of ether oxygens (including phenoxy) is 3. The maximum atomic E-state index is 12.8. The van der Waals surface area contributed by atoms with Crippen molar-refractivity contribution in [2.45, 2.75) is 25.7 Å². The van der Waals surface area contributed by atoms with E-state index < -0.39 is 12.0 Å². The number of tetrazole rings is 1. The molecule has 1 aliphatic heterocycles. The van der Waals surface area contributed by atoms with Gasteiger partial charge in [-0.3, -0.25) is 0 Å². The zero-order valence-electron chi connectivity index (χ0n) is 14.8. The number of carbonyl (C=O) groups is 1. The highest BCUT2D eigenvalue weighted by Gasteiger charge is 2.25. The fraction of sp³-hybridized carbons (Fsp3) is 0.263. The molecule has 3 aromatic rings. The van der Waals surface area contributed by atoms with E-state index in [1.54, 1.807) is 12.1 Å². The number of rotatable bonds is 6. The molecule has 1 aromatic heterocycles. The molecule has 0 saturated heterocycles. The fourth-order valence-electron chi connectivity index (χ4n) is 3.04. The van der Waals surface area contributed by atoms with E-state index >= 15 is 0 Å². The average Bonchev–Trinajstić information content (AvgIpc) is 3.25. The van der Waals surface area contributed by atoms with Gasteiger partial charge in [0.05, 0.1) is 6.61 Å². The molecule has 2 aromatic carbocycles. The number of carbonyl (C=O) groups excluding carboxylic acids is 1. The molecule has 0 amide bonds. The van der Waals surface area contributed by atoms with Gasteiger partial charge in [-0.1, -0.05) is 41.9 Å². The molecule has 2 heterocycles. The molecule has 4 rings (SSSR count). The first-order chi connectivity index (χ1) is 13.7. The normalized spacial score (nSPS) is 14.0. The molecule has 0 spiro atoms. The van der Waals surface area contributed by atoms with Gasteiger partial charge in [0, 0.05) is 22.6 Å². The highest BCUT2D eigenvalue weighted by molar-refractivity contribution is 6.30. The second-order valence-corrected chi connectivity index (χ2v) is 6.70. The van der Waals surface area contributed by atoms with Crippen molar-refractivity contribution in [3.8, 4) is 5.75 Å². The number of benzene rings is 2. The van der Waals surface area contributed by atoms with Gasteiger partial charge in [-0.2, -0.15) is 0 Å². The Bertz CT molecular complexity index is 950. The van der Waals surface area contributed by atoms with Crippen LogP contribution in [0, 0.1) is 0 Å². The molecule has 0 saturated carbocycles. The van der Waals surface area contributed by atoms with E-state index in [9.17, 15) is 4.79 Å². The maximum absolute atomic E-state index is 12.8. The van der Waals surface area contributed by atoms with Crippen molar-refractivity contribution in [3.63, 3.8) is 0 Å². The predicted octanol–water partition coefficient (Wildman–Crippen LogP) is 2.72. The average molecular weight is 401 g/mol. The molecule has 0 radical (unpaired) electrons. The summed E-state index contributed by atoms with van der Waals surface area (Å²) in [5.41, 5.74) is 2.49. The molecule has 28 heavy (non-hydrogen) atoms. The summed E-state index contributed by atoms with van der Waals surface area (Å²) >= 11 is 6.17. The Balaban J connectivity index is 1.52. The van der Waals surface area contributed by atoms with E-state index in [1.165, 1.54) is 11.0 Å². The van der Waals surface area contributed by atoms with Crippen molar-refractivity contribution in [1.82, 2.24) is 20.2 Å². The summed E-state index contributed by atoms with van der Waals surface area (Å²) in [6, 6.07) is 12.4. The zero-order valence-corrected chi connectivity index (χ0v) is 15.6. The Morgan fingerprint density at radius 2 is 2.14 bits per heavy atom. The van der Waals surface area contributed by atoms with E-state index in [0.29, 0.717) is 29.4 Å². The van der Waals surface area contributed by atoms with Gasteiger partial charge in [-0.15, -0.1) is 5.10 Å². The van der Waals surface area contributed by atoms with Gasteiger partial charge < -0.3 is 14.2 Å². The predicted molar refractivity (Wildman–Crippen MR) is 98.5 cm³/mol. The van der Waals surface area contributed by atoms with E-state index in [-0.39, 0.29) is 13.4 Å². The van der Waals surface area contributed by atoms with Crippen LogP contribution >= 0.6 is 11.6 Å². The van der Waals surface area contributed by atoms with Crippen LogP contribution in [0.2, 0.25) is 5.02 Å². The summed E-state index contributed by atoms with van der Waals surface area (Å²) in [6.45, 7) is 0.573. The lowest BCUT2D eigenvalue weighted by Crippen LogP contribution is -2.25. The van der Waals surface area contributed by atoms with E-state index in [1.807, 2.05) is 30.3 Å². The monoisotopic (exact) mass is 400 g/mol. The molecule has 0 unspecified atom stereocenters. The quantitative estimate of drug-likeness (QED) is 0.588. The Morgan fingerprint density at radius 3 is 2.93 bits per heavy atom. The minimum absolute atomic E-state index is 0.0230. The lowest BCUT2D eigenvalue weighted by molar-refractivity contribution is -0.149. The van der Waals surface area contributed by atoms with Crippen molar-refractivity contribution in [1.29, 1.82) is 0 Å². The summed E-state index contributed by atoms with van der Waals surface area (Å²) in [4.78, 5) is 12.8. The summed E-state index contributed by atoms with van der Waals surface area (Å²) in [5.74, 6) is 0.197. The van der Waals surface area contributed by atoms with Crippen molar-refractivity contribution < 1.29 is 19.0 Å². The smallest absolute Gasteiger partial charge is 0.331 e. The fourth-order valence-corrected chi connectivity index (χ4v) is 3.31. The van der Waals surface area contributed by atoms with Gasteiger partial charge >= 0.3 is 5.97 Å². The maximum Gasteiger partial charge on any atom is 0.331 e. The number of fused-ring (bicyclic) bond motifs is 1. The molecule has 0 fully saturated rings. The highest BCUT2D eigenvalue weighted by Crippen LogP contribution is 2.32. The Morgan fingerprint density at radius 1 is 1.29 bits per heavy atom. The first-order valence-electron chi connectivity index (χ1n) is 8.65. The molecule has 9 heteroatoms. The van der Waals surface area contributed by atoms with Crippen LogP contribution in [0.5, 0.6) is 5.75 Å². The van der Waals surface area contributed by atoms with Crippen LogP contribution in [0.1, 0.15) is 22.7 Å². The Labute approximate surface area is 166 Å². The number of nitrogens with zero attached hydrogens (tertiary/aromatic N) is 4. The standard InChI is InChI=1S/C19H17ClN4O4/c20-16-7-14-9-26-12-28-18(14)15(8-16)10-27-19(25)17(24-11-21-22-23-24)6-13-4-2-1-3-5-13/h1-5,7-8,11,17H,6,9-10,12H2/t17-/m0/s1. The van der Waals surface area contributed by atoms with Gasteiger partial charge in [0.2, 0.25) is 0 Å². The molecule has 8 nitrogen and oxygen atoms in total. The third kappa shape index (κ3) is 4.13. The summed E-state index contributed by atoms with van der Waals surface area (Å²) in [5, 5.41) is 11.6. The Hall–Kier alpha value is -2.97. The van der Waals surface area contributed by atoms with Crippen molar-refractivity contribution >= 4 is 17.6 Å². The largest absolute Gasteiger partial charge is 0.467 e. The van der Waals surface area contributed by atoms with Crippen molar-refractivity contribution in [2.24, 2.45) is 0 Å². The molecule has 0 N–H and O–H groups in total. The van der Waals surface area contributed by atoms with Gasteiger partial charge in [-0.25, -0.2) is 9.48 Å². The van der Waals surface area contributed by atoms with Crippen LogP contribution in [-0.4, -0.2) is 33.0 Å². The number of hydrogen-bond acceptors (Lipinski definition) is 7. The molecule has 0 aliphatic carbocycles. The number of halogens is 1.